The number of hydrogen-bond acceptors (Lipinski definition) is 5. The van der Waals surface area contributed by atoms with Crippen LogP contribution in [0, 0.1) is 0 Å². The zero-order valence-electron chi connectivity index (χ0n) is 10.9. The van der Waals surface area contributed by atoms with E-state index in [1.54, 1.807) is 12.1 Å². The largest absolute Gasteiger partial charge is 0.352 e. The maximum absolute atomic E-state index is 11.4. The van der Waals surface area contributed by atoms with Crippen molar-refractivity contribution >= 4 is 27.4 Å². The highest BCUT2D eigenvalue weighted by molar-refractivity contribution is 7.90. The molecule has 2 rings (SSSR count). The fourth-order valence-electron chi connectivity index (χ4n) is 1.86. The topological polar surface area (TPSA) is 61.8 Å². The Kier molecular flexibility index (Phi) is 4.01. The Morgan fingerprint density at radius 3 is 2.74 bits per heavy atom. The second-order valence-electron chi connectivity index (χ2n) is 4.52. The highest BCUT2D eigenvalue weighted by Gasteiger charge is 2.14. The molecule has 1 aromatic carbocycles. The molecular weight excluding hydrogens is 286 g/mol. The first kappa shape index (κ1) is 14.1. The van der Waals surface area contributed by atoms with Crippen molar-refractivity contribution in [1.82, 2.24) is 10.2 Å². The van der Waals surface area contributed by atoms with Gasteiger partial charge in [0.05, 0.1) is 16.5 Å². The van der Waals surface area contributed by atoms with Gasteiger partial charge in [0.2, 0.25) is 0 Å². The highest BCUT2D eigenvalue weighted by Crippen LogP contribution is 2.22. The molecule has 0 saturated heterocycles. The zero-order chi connectivity index (χ0) is 14.0. The Hall–Kier alpha value is -1.27. The minimum atomic E-state index is -3.27. The molecule has 19 heavy (non-hydrogen) atoms. The molecule has 0 radical (unpaired) electrons. The smallest absolute Gasteiger partial charge is 0.194 e. The molecule has 104 valence electrons. The van der Waals surface area contributed by atoms with E-state index in [0.717, 1.165) is 30.9 Å². The number of aliphatic imine (C=N–C) groups is 1. The van der Waals surface area contributed by atoms with Crippen LogP contribution in [0.5, 0.6) is 0 Å². The van der Waals surface area contributed by atoms with Crippen LogP contribution in [0.2, 0.25) is 5.02 Å². The molecule has 0 amide bonds. The second kappa shape index (κ2) is 5.38. The normalized spacial score (nSPS) is 15.5. The van der Waals surface area contributed by atoms with Crippen LogP contribution in [0.25, 0.3) is 0 Å². The fraction of sp³-hybridized carbons (Fsp3) is 0.417. The molecule has 5 nitrogen and oxygen atoms in total. The molecule has 0 bridgehead atoms. The van der Waals surface area contributed by atoms with Gasteiger partial charge in [0, 0.05) is 26.4 Å². The van der Waals surface area contributed by atoms with E-state index in [0.29, 0.717) is 6.54 Å². The maximum Gasteiger partial charge on any atom is 0.194 e. The summed E-state index contributed by atoms with van der Waals surface area (Å²) >= 11 is 5.99. The summed E-state index contributed by atoms with van der Waals surface area (Å²) in [6.45, 7) is 2.27. The fourth-order valence-corrected chi connectivity index (χ4v) is 3.21. The number of likely N-dealkylation sites (N-methyl/N-ethyl adjacent to an activating group) is 1. The van der Waals surface area contributed by atoms with Crippen molar-refractivity contribution in [3.63, 3.8) is 0 Å². The van der Waals surface area contributed by atoms with Gasteiger partial charge < -0.3 is 10.2 Å². The van der Waals surface area contributed by atoms with Gasteiger partial charge in [-0.15, -0.1) is 0 Å². The van der Waals surface area contributed by atoms with Gasteiger partial charge in [-0.25, -0.2) is 8.42 Å². The third kappa shape index (κ3) is 3.39. The number of nitrogens with zero attached hydrogens (tertiary/aromatic N) is 2. The van der Waals surface area contributed by atoms with Gasteiger partial charge in [0.25, 0.3) is 0 Å². The summed E-state index contributed by atoms with van der Waals surface area (Å²) in [7, 11) is -1.30. The second-order valence-corrected chi connectivity index (χ2v) is 6.91. The number of sulfone groups is 1. The van der Waals surface area contributed by atoms with Crippen molar-refractivity contribution in [2.24, 2.45) is 4.99 Å². The summed E-state index contributed by atoms with van der Waals surface area (Å²) in [5.74, 6) is 0.850. The quantitative estimate of drug-likeness (QED) is 0.909. The molecule has 1 aliphatic rings. The SMILES string of the molecule is CN1CCN=C1NCc1ccc(S(C)(=O)=O)c(Cl)c1. The van der Waals surface area contributed by atoms with Gasteiger partial charge in [-0.2, -0.15) is 0 Å². The van der Waals surface area contributed by atoms with E-state index < -0.39 is 9.84 Å². The predicted molar refractivity (Wildman–Crippen MR) is 76.3 cm³/mol. The molecule has 0 saturated carbocycles. The average Bonchev–Trinajstić information content (AvgIpc) is 2.70. The lowest BCUT2D eigenvalue weighted by atomic mass is 10.2. The lowest BCUT2D eigenvalue weighted by Crippen LogP contribution is -2.35. The number of halogens is 1. The number of guanidine groups is 1. The standard InChI is InChI=1S/C12H16ClN3O2S/c1-16-6-5-14-12(16)15-8-9-3-4-11(10(13)7-9)19(2,17)18/h3-4,7H,5-6,8H2,1-2H3,(H,14,15). The monoisotopic (exact) mass is 301 g/mol. The lowest BCUT2D eigenvalue weighted by molar-refractivity contribution is 0.534. The summed E-state index contributed by atoms with van der Waals surface area (Å²) in [4.78, 5) is 6.51. The summed E-state index contributed by atoms with van der Waals surface area (Å²) in [6, 6.07) is 4.96. The van der Waals surface area contributed by atoms with E-state index in [9.17, 15) is 8.42 Å². The summed E-state index contributed by atoms with van der Waals surface area (Å²) in [6.07, 6.45) is 1.15. The van der Waals surface area contributed by atoms with Gasteiger partial charge in [0.1, 0.15) is 0 Å². The average molecular weight is 302 g/mol. The van der Waals surface area contributed by atoms with Crippen molar-refractivity contribution in [1.29, 1.82) is 0 Å². The van der Waals surface area contributed by atoms with Crippen molar-refractivity contribution in [2.45, 2.75) is 11.4 Å². The van der Waals surface area contributed by atoms with Crippen molar-refractivity contribution in [3.8, 4) is 0 Å². The minimum absolute atomic E-state index is 0.160. The first-order valence-electron chi connectivity index (χ1n) is 5.86. The van der Waals surface area contributed by atoms with Gasteiger partial charge in [-0.1, -0.05) is 17.7 Å². The van der Waals surface area contributed by atoms with E-state index in [1.165, 1.54) is 6.07 Å². The van der Waals surface area contributed by atoms with Crippen molar-refractivity contribution in [3.05, 3.63) is 28.8 Å². The first-order valence-corrected chi connectivity index (χ1v) is 8.13. The van der Waals surface area contributed by atoms with Gasteiger partial charge in [0.15, 0.2) is 15.8 Å². The molecule has 1 aromatic rings. The molecule has 0 atom stereocenters. The number of rotatable bonds is 3. The van der Waals surface area contributed by atoms with Gasteiger partial charge in [-0.3, -0.25) is 4.99 Å². The predicted octanol–water partition coefficient (Wildman–Crippen LogP) is 1.13. The summed E-state index contributed by atoms with van der Waals surface area (Å²) in [5.41, 5.74) is 0.917. The third-order valence-corrected chi connectivity index (χ3v) is 4.48. The van der Waals surface area contributed by atoms with E-state index >= 15 is 0 Å². The zero-order valence-corrected chi connectivity index (χ0v) is 12.4. The molecule has 0 aromatic heterocycles. The molecule has 1 N–H and O–H groups in total. The van der Waals surface area contributed by atoms with Crippen molar-refractivity contribution < 1.29 is 8.42 Å². The number of hydrogen-bond donors (Lipinski definition) is 1. The van der Waals surface area contributed by atoms with Crippen LogP contribution in [0.4, 0.5) is 0 Å². The molecule has 0 spiro atoms. The number of benzene rings is 1. The minimum Gasteiger partial charge on any atom is -0.352 e. The van der Waals surface area contributed by atoms with Crippen LogP contribution in [-0.4, -0.2) is 45.7 Å². The highest BCUT2D eigenvalue weighted by atomic mass is 35.5. The van der Waals surface area contributed by atoms with Crippen LogP contribution in [0.15, 0.2) is 28.1 Å². The summed E-state index contributed by atoms with van der Waals surface area (Å²) < 4.78 is 22.9. The van der Waals surface area contributed by atoms with Gasteiger partial charge in [-0.05, 0) is 17.7 Å². The molecular formula is C12H16ClN3O2S. The Labute approximate surface area is 118 Å². The van der Waals surface area contributed by atoms with Crippen molar-refractivity contribution in [2.75, 3.05) is 26.4 Å². The van der Waals surface area contributed by atoms with E-state index in [4.69, 9.17) is 11.6 Å². The van der Waals surface area contributed by atoms with E-state index in [1.807, 2.05) is 11.9 Å². The molecule has 1 aliphatic heterocycles. The maximum atomic E-state index is 11.4. The Morgan fingerprint density at radius 2 is 2.21 bits per heavy atom. The molecule has 1 heterocycles. The van der Waals surface area contributed by atoms with Crippen LogP contribution in [0.1, 0.15) is 5.56 Å². The Balaban J connectivity index is 2.09. The molecule has 0 fully saturated rings. The first-order chi connectivity index (χ1) is 8.88. The Bertz CT molecular complexity index is 613. The van der Waals surface area contributed by atoms with Crippen LogP contribution in [0.3, 0.4) is 0 Å². The van der Waals surface area contributed by atoms with E-state index in [2.05, 4.69) is 10.3 Å². The number of nitrogens with one attached hydrogen (secondary N) is 1. The van der Waals surface area contributed by atoms with Crippen LogP contribution >= 0.6 is 11.6 Å². The lowest BCUT2D eigenvalue weighted by Gasteiger charge is -2.15. The molecule has 7 heteroatoms. The molecule has 0 unspecified atom stereocenters. The van der Waals surface area contributed by atoms with Gasteiger partial charge >= 0.3 is 0 Å². The molecule has 0 aliphatic carbocycles. The Morgan fingerprint density at radius 1 is 1.47 bits per heavy atom. The van der Waals surface area contributed by atoms with Crippen LogP contribution < -0.4 is 5.32 Å². The summed E-state index contributed by atoms with van der Waals surface area (Å²) in [5, 5.41) is 3.45. The van der Waals surface area contributed by atoms with E-state index in [-0.39, 0.29) is 9.92 Å². The third-order valence-electron chi connectivity index (χ3n) is 2.90. The van der Waals surface area contributed by atoms with Crippen LogP contribution in [-0.2, 0) is 16.4 Å².